The number of esters is 1. The van der Waals surface area contributed by atoms with Crippen molar-refractivity contribution in [2.75, 3.05) is 6.61 Å². The molecule has 25 heavy (non-hydrogen) atoms. The molecule has 7 heteroatoms. The number of halogens is 2. The van der Waals surface area contributed by atoms with Crippen molar-refractivity contribution >= 4 is 35.1 Å². The van der Waals surface area contributed by atoms with E-state index in [1.165, 1.54) is 0 Å². The van der Waals surface area contributed by atoms with E-state index in [0.29, 0.717) is 21.5 Å². The van der Waals surface area contributed by atoms with E-state index in [1.807, 2.05) is 0 Å². The summed E-state index contributed by atoms with van der Waals surface area (Å²) >= 11 is 12.1. The fourth-order valence-electron chi connectivity index (χ4n) is 2.67. The van der Waals surface area contributed by atoms with E-state index >= 15 is 0 Å². The second-order valence-electron chi connectivity index (χ2n) is 5.45. The average molecular weight is 380 g/mol. The Morgan fingerprint density at radius 3 is 2.16 bits per heavy atom. The third-order valence-corrected chi connectivity index (χ3v) is 4.18. The number of carbonyl (C=O) groups is 2. The van der Waals surface area contributed by atoms with Gasteiger partial charge in [-0.05, 0) is 31.2 Å². The molecule has 3 rings (SSSR count). The highest BCUT2D eigenvalue weighted by Gasteiger charge is 2.29. The van der Waals surface area contributed by atoms with Gasteiger partial charge >= 0.3 is 5.97 Å². The monoisotopic (exact) mass is 379 g/mol. The molecular weight excluding hydrogens is 365 g/mol. The van der Waals surface area contributed by atoms with Gasteiger partial charge in [0.15, 0.2) is 0 Å². The number of rotatable bonds is 4. The number of hydrogen-bond acceptors (Lipinski definition) is 4. The van der Waals surface area contributed by atoms with Crippen molar-refractivity contribution in [2.45, 2.75) is 19.4 Å². The molecule has 1 heterocycles. The zero-order valence-corrected chi connectivity index (χ0v) is 14.9. The molecule has 0 fully saturated rings. The molecule has 1 amide bonds. The quantitative estimate of drug-likeness (QED) is 0.636. The van der Waals surface area contributed by atoms with Crippen molar-refractivity contribution in [2.24, 2.45) is 0 Å². The fourth-order valence-corrected chi connectivity index (χ4v) is 2.99. The van der Waals surface area contributed by atoms with Crippen LogP contribution in [0.3, 0.4) is 0 Å². The molecule has 2 aromatic carbocycles. The van der Waals surface area contributed by atoms with Crippen LogP contribution in [-0.2, 0) is 14.3 Å². The van der Waals surface area contributed by atoms with Crippen LogP contribution < -0.4 is 10.1 Å². The number of ether oxygens (including phenoxy) is 2. The summed E-state index contributed by atoms with van der Waals surface area (Å²) in [5.41, 5.74) is 1.49. The summed E-state index contributed by atoms with van der Waals surface area (Å²) in [6.07, 6.45) is -0.350. The van der Waals surface area contributed by atoms with Gasteiger partial charge in [0, 0.05) is 21.2 Å². The maximum atomic E-state index is 12.2. The first-order valence-corrected chi connectivity index (χ1v) is 8.45. The Balaban J connectivity index is 1.92. The molecule has 130 valence electrons. The molecule has 0 atom stereocenters. The number of amides is 1. The minimum Gasteiger partial charge on any atom is -0.466 e. The molecule has 1 aliphatic rings. The van der Waals surface area contributed by atoms with Gasteiger partial charge in [-0.1, -0.05) is 35.3 Å². The van der Waals surface area contributed by atoms with E-state index in [2.05, 4.69) is 5.32 Å². The lowest BCUT2D eigenvalue weighted by atomic mass is 9.94. The smallest absolute Gasteiger partial charge is 0.315 e. The molecule has 1 aliphatic heterocycles. The highest BCUT2D eigenvalue weighted by molar-refractivity contribution is 6.31. The topological polar surface area (TPSA) is 64.6 Å². The Labute approximate surface area is 154 Å². The number of nitrogens with one attached hydrogen (secondary N) is 1. The van der Waals surface area contributed by atoms with Crippen LogP contribution in [0.2, 0.25) is 10.0 Å². The van der Waals surface area contributed by atoms with Gasteiger partial charge in [-0.2, -0.15) is 0 Å². The molecule has 0 unspecified atom stereocenters. The van der Waals surface area contributed by atoms with Crippen LogP contribution in [0.15, 0.2) is 36.4 Å². The molecule has 0 spiro atoms. The third kappa shape index (κ3) is 3.89. The van der Waals surface area contributed by atoms with Crippen molar-refractivity contribution in [3.63, 3.8) is 0 Å². The summed E-state index contributed by atoms with van der Waals surface area (Å²) in [6, 6.07) is 9.87. The van der Waals surface area contributed by atoms with E-state index in [0.717, 1.165) is 11.1 Å². The first-order valence-electron chi connectivity index (χ1n) is 7.69. The minimum atomic E-state index is -0.570. The van der Waals surface area contributed by atoms with Crippen LogP contribution in [0.25, 0.3) is 0 Å². The summed E-state index contributed by atoms with van der Waals surface area (Å²) < 4.78 is 10.7. The lowest BCUT2D eigenvalue weighted by molar-refractivity contribution is -0.146. The molecule has 0 aliphatic carbocycles. The van der Waals surface area contributed by atoms with Crippen LogP contribution in [0.4, 0.5) is 0 Å². The van der Waals surface area contributed by atoms with Crippen LogP contribution in [0, 0.1) is 0 Å². The molecule has 0 saturated heterocycles. The van der Waals surface area contributed by atoms with Crippen molar-refractivity contribution in [3.05, 3.63) is 57.6 Å². The predicted molar refractivity (Wildman–Crippen MR) is 94.2 cm³/mol. The molecule has 5 nitrogen and oxygen atoms in total. The van der Waals surface area contributed by atoms with Crippen molar-refractivity contribution in [1.82, 2.24) is 5.32 Å². The number of hydrogen-bond donors (Lipinski definition) is 1. The lowest BCUT2D eigenvalue weighted by Crippen LogP contribution is -2.32. The Morgan fingerprint density at radius 1 is 1.08 bits per heavy atom. The largest absolute Gasteiger partial charge is 0.466 e. The van der Waals surface area contributed by atoms with Crippen molar-refractivity contribution in [3.8, 4) is 11.5 Å². The first kappa shape index (κ1) is 17.6. The molecule has 2 aromatic rings. The number of benzene rings is 2. The van der Waals surface area contributed by atoms with Gasteiger partial charge < -0.3 is 14.8 Å². The van der Waals surface area contributed by atoms with E-state index in [-0.39, 0.29) is 13.0 Å². The summed E-state index contributed by atoms with van der Waals surface area (Å²) in [5.74, 6) is 0.0549. The predicted octanol–water partition coefficient (Wildman–Crippen LogP) is 4.26. The van der Waals surface area contributed by atoms with Gasteiger partial charge in [0.2, 0.25) is 5.91 Å². The molecule has 0 saturated carbocycles. The van der Waals surface area contributed by atoms with E-state index in [4.69, 9.17) is 32.7 Å². The first-order chi connectivity index (χ1) is 12.0. The van der Waals surface area contributed by atoms with Gasteiger partial charge in [-0.15, -0.1) is 0 Å². The third-order valence-electron chi connectivity index (χ3n) is 3.71. The zero-order valence-electron chi connectivity index (χ0n) is 13.3. The van der Waals surface area contributed by atoms with Crippen LogP contribution in [0.1, 0.15) is 30.5 Å². The highest BCUT2D eigenvalue weighted by atomic mass is 35.5. The zero-order chi connectivity index (χ0) is 18.0. The molecule has 0 radical (unpaired) electrons. The second kappa shape index (κ2) is 7.33. The summed E-state index contributed by atoms with van der Waals surface area (Å²) in [5, 5.41) is 3.88. The molecule has 0 bridgehead atoms. The SMILES string of the molecule is CCOC(=O)CC(=O)NC1c2ccc(Cl)cc2Oc2cc(Cl)ccc21. The Hall–Kier alpha value is -2.24. The average Bonchev–Trinajstić information content (AvgIpc) is 2.54. The standard InChI is InChI=1S/C18H15Cl2NO4/c1-2-24-17(23)9-16(22)21-18-12-5-3-10(19)7-14(12)25-15-8-11(20)4-6-13(15)18/h3-8,18H,2,9H2,1H3,(H,21,22). The van der Waals surface area contributed by atoms with Crippen molar-refractivity contribution in [1.29, 1.82) is 0 Å². The Bertz CT molecular complexity index is 786. The minimum absolute atomic E-state index is 0.228. The molecular formula is C18H15Cl2NO4. The molecule has 1 N–H and O–H groups in total. The maximum absolute atomic E-state index is 12.2. The molecule has 0 aromatic heterocycles. The van der Waals surface area contributed by atoms with Crippen LogP contribution in [-0.4, -0.2) is 18.5 Å². The van der Waals surface area contributed by atoms with Crippen LogP contribution in [0.5, 0.6) is 11.5 Å². The van der Waals surface area contributed by atoms with E-state index < -0.39 is 17.9 Å². The number of carbonyl (C=O) groups excluding carboxylic acids is 2. The van der Waals surface area contributed by atoms with Gasteiger partial charge in [0.1, 0.15) is 17.9 Å². The van der Waals surface area contributed by atoms with Crippen molar-refractivity contribution < 1.29 is 19.1 Å². The fraction of sp³-hybridized carbons (Fsp3) is 0.222. The summed E-state index contributed by atoms with van der Waals surface area (Å²) in [7, 11) is 0. The van der Waals surface area contributed by atoms with Gasteiger partial charge in [-0.25, -0.2) is 0 Å². The normalized spacial score (nSPS) is 12.6. The van der Waals surface area contributed by atoms with Crippen LogP contribution >= 0.6 is 23.2 Å². The second-order valence-corrected chi connectivity index (χ2v) is 6.32. The van der Waals surface area contributed by atoms with E-state index in [1.54, 1.807) is 43.3 Å². The maximum Gasteiger partial charge on any atom is 0.315 e. The Kier molecular flexibility index (Phi) is 5.16. The number of fused-ring (bicyclic) bond motifs is 2. The summed E-state index contributed by atoms with van der Waals surface area (Å²) in [4.78, 5) is 23.8. The van der Waals surface area contributed by atoms with Gasteiger partial charge in [0.25, 0.3) is 0 Å². The highest BCUT2D eigenvalue weighted by Crippen LogP contribution is 2.44. The Morgan fingerprint density at radius 2 is 1.64 bits per heavy atom. The van der Waals surface area contributed by atoms with Gasteiger partial charge in [0.05, 0.1) is 12.6 Å². The van der Waals surface area contributed by atoms with Gasteiger partial charge in [-0.3, -0.25) is 9.59 Å². The summed E-state index contributed by atoms with van der Waals surface area (Å²) in [6.45, 7) is 1.92. The van der Waals surface area contributed by atoms with E-state index in [9.17, 15) is 9.59 Å². The lowest BCUT2D eigenvalue weighted by Gasteiger charge is -2.29.